The number of rotatable bonds is 8. The van der Waals surface area contributed by atoms with Crippen molar-refractivity contribution in [3.8, 4) is 0 Å². The summed E-state index contributed by atoms with van der Waals surface area (Å²) in [4.78, 5) is 37.2. The van der Waals surface area contributed by atoms with Gasteiger partial charge in [-0.1, -0.05) is 11.6 Å². The van der Waals surface area contributed by atoms with E-state index in [2.05, 4.69) is 9.97 Å². The number of pyridine rings is 2. The molecule has 1 aromatic carbocycles. The predicted octanol–water partition coefficient (Wildman–Crippen LogP) is 2.48. The molecule has 3 atom stereocenters. The van der Waals surface area contributed by atoms with E-state index in [1.165, 1.54) is 11.1 Å². The van der Waals surface area contributed by atoms with Gasteiger partial charge in [0.15, 0.2) is 0 Å². The molecule has 0 saturated carbocycles. The Labute approximate surface area is 221 Å². The molecule has 1 aliphatic heterocycles. The number of nitrogens with two attached hydrogens (primary N) is 1. The van der Waals surface area contributed by atoms with Crippen LogP contribution in [0.5, 0.6) is 0 Å². The highest BCUT2D eigenvalue weighted by molar-refractivity contribution is 7.80. The lowest BCUT2D eigenvalue weighted by molar-refractivity contribution is -0.148. The minimum atomic E-state index is -2.54. The van der Waals surface area contributed by atoms with E-state index in [-0.39, 0.29) is 19.4 Å². The molecule has 0 radical (unpaired) electrons. The zero-order chi connectivity index (χ0) is 27.0. The van der Waals surface area contributed by atoms with Gasteiger partial charge in [-0.2, -0.15) is 0 Å². The normalized spacial score (nSPS) is 17.2. The number of halogens is 1. The number of fused-ring (bicyclic) bond motifs is 1. The summed E-state index contributed by atoms with van der Waals surface area (Å²) >= 11 is 3.90. The summed E-state index contributed by atoms with van der Waals surface area (Å²) in [5, 5.41) is 11.7. The van der Waals surface area contributed by atoms with Crippen LogP contribution in [-0.4, -0.2) is 73.3 Å². The van der Waals surface area contributed by atoms with Gasteiger partial charge in [0, 0.05) is 43.7 Å². The number of benzene rings is 1. The molecule has 0 bridgehead atoms. The number of carboxylic acid groups (broad SMARTS) is 1. The first-order valence-electron chi connectivity index (χ1n) is 11.4. The van der Waals surface area contributed by atoms with Crippen molar-refractivity contribution in [1.29, 1.82) is 0 Å². The van der Waals surface area contributed by atoms with Crippen LogP contribution in [0, 0.1) is 6.92 Å². The average Bonchev–Trinajstić information content (AvgIpc) is 3.18. The summed E-state index contributed by atoms with van der Waals surface area (Å²) in [7, 11) is 3.66. The van der Waals surface area contributed by atoms with Gasteiger partial charge >= 0.3 is 5.97 Å². The number of carbonyl (C=O) groups is 2. The number of nitrogens with zero attached hydrogens (tertiary/aromatic N) is 5. The summed E-state index contributed by atoms with van der Waals surface area (Å²) in [6.45, 7) is 1.91. The Kier molecular flexibility index (Phi) is 7.53. The monoisotopic (exact) mass is 546 g/mol. The van der Waals surface area contributed by atoms with E-state index in [0.29, 0.717) is 33.3 Å². The Hall–Kier alpha value is -3.48. The fourth-order valence-electron chi connectivity index (χ4n) is 4.69. The molecule has 2 aromatic heterocycles. The molecule has 1 unspecified atom stereocenters. The molecule has 1 fully saturated rings. The summed E-state index contributed by atoms with van der Waals surface area (Å²) < 4.78 is 23.5. The van der Waals surface area contributed by atoms with Crippen molar-refractivity contribution >= 4 is 62.8 Å². The van der Waals surface area contributed by atoms with Crippen LogP contribution in [0.1, 0.15) is 17.5 Å². The van der Waals surface area contributed by atoms with Gasteiger partial charge < -0.3 is 20.6 Å². The Balaban J connectivity index is 1.62. The van der Waals surface area contributed by atoms with Crippen LogP contribution < -0.4 is 14.9 Å². The van der Waals surface area contributed by atoms with Gasteiger partial charge in [0.25, 0.3) is 11.3 Å². The minimum Gasteiger partial charge on any atom is -0.480 e. The first-order chi connectivity index (χ1) is 17.5. The van der Waals surface area contributed by atoms with E-state index in [0.717, 1.165) is 15.3 Å². The van der Waals surface area contributed by atoms with Gasteiger partial charge in [0.1, 0.15) is 23.7 Å². The van der Waals surface area contributed by atoms with Crippen molar-refractivity contribution in [2.75, 3.05) is 35.6 Å². The largest absolute Gasteiger partial charge is 0.480 e. The summed E-state index contributed by atoms with van der Waals surface area (Å²) in [6, 6.07) is 4.53. The van der Waals surface area contributed by atoms with Gasteiger partial charge in [0.2, 0.25) is 5.91 Å². The predicted molar refractivity (Wildman–Crippen MR) is 143 cm³/mol. The molecule has 11 nitrogen and oxygen atoms in total. The van der Waals surface area contributed by atoms with Crippen molar-refractivity contribution in [2.24, 2.45) is 0 Å². The molecule has 3 heterocycles. The molecule has 0 aliphatic carbocycles. The molecule has 1 aliphatic rings. The average molecular weight is 547 g/mol. The number of amides is 1. The molecule has 0 spiro atoms. The first kappa shape index (κ1) is 26.6. The summed E-state index contributed by atoms with van der Waals surface area (Å²) in [6.07, 6.45) is 3.09. The highest BCUT2D eigenvalue weighted by Gasteiger charge is 2.43. The molecular weight excluding hydrogens is 520 g/mol. The minimum absolute atomic E-state index is 0.0504. The number of carbonyl (C=O) groups excluding carboxylic acids is 1. The second-order valence-corrected chi connectivity index (χ2v) is 10.3. The Morgan fingerprint density at radius 1 is 1.32 bits per heavy atom. The molecule has 37 heavy (non-hydrogen) atoms. The first-order valence-corrected chi connectivity index (χ1v) is 12.8. The van der Waals surface area contributed by atoms with Crippen LogP contribution in [0.4, 0.5) is 17.3 Å². The van der Waals surface area contributed by atoms with Crippen LogP contribution in [0.2, 0.25) is 5.02 Å². The maximum atomic E-state index is 13.5. The number of hydrogen-bond acceptors (Lipinski definition) is 7. The van der Waals surface area contributed by atoms with E-state index in [1.807, 2.05) is 25.9 Å². The highest BCUT2D eigenvalue weighted by Crippen LogP contribution is 2.32. The number of anilines is 3. The topological polar surface area (TPSA) is 153 Å². The van der Waals surface area contributed by atoms with E-state index >= 15 is 0 Å². The van der Waals surface area contributed by atoms with E-state index < -0.39 is 35.2 Å². The summed E-state index contributed by atoms with van der Waals surface area (Å²) in [5.74, 6) is -0.778. The maximum absolute atomic E-state index is 13.5. The zero-order valence-corrected chi connectivity index (χ0v) is 22.0. The van der Waals surface area contributed by atoms with E-state index in [1.54, 1.807) is 30.5 Å². The zero-order valence-electron chi connectivity index (χ0n) is 20.5. The van der Waals surface area contributed by atoms with Crippen LogP contribution in [-0.2, 0) is 27.3 Å². The number of nitrogen functional groups attached to an aromatic ring is 1. The Morgan fingerprint density at radius 3 is 2.68 bits per heavy atom. The third-order valence-corrected chi connectivity index (χ3v) is 7.57. The number of aromatic nitrogens is 2. The van der Waals surface area contributed by atoms with Gasteiger partial charge in [-0.3, -0.25) is 13.7 Å². The van der Waals surface area contributed by atoms with Crippen molar-refractivity contribution in [3.05, 3.63) is 52.8 Å². The van der Waals surface area contributed by atoms with Crippen LogP contribution >= 0.6 is 11.6 Å². The van der Waals surface area contributed by atoms with Crippen molar-refractivity contribution in [3.63, 3.8) is 0 Å². The van der Waals surface area contributed by atoms with E-state index in [9.17, 15) is 23.5 Å². The van der Waals surface area contributed by atoms with Crippen LogP contribution in [0.25, 0.3) is 10.8 Å². The number of carboxylic acids is 1. The third kappa shape index (κ3) is 5.17. The molecule has 196 valence electrons. The van der Waals surface area contributed by atoms with Crippen molar-refractivity contribution in [2.45, 2.75) is 31.8 Å². The van der Waals surface area contributed by atoms with Crippen LogP contribution in [0.15, 0.2) is 36.7 Å². The lowest BCUT2D eigenvalue weighted by atomic mass is 10.0. The number of likely N-dealkylation sites (tertiary alicyclic amines) is 1. The highest BCUT2D eigenvalue weighted by atomic mass is 35.5. The van der Waals surface area contributed by atoms with Gasteiger partial charge in [-0.15, -0.1) is 0 Å². The van der Waals surface area contributed by atoms with Crippen molar-refractivity contribution < 1.29 is 23.5 Å². The smallest absolute Gasteiger partial charge is 0.326 e. The lowest BCUT2D eigenvalue weighted by Gasteiger charge is -2.29. The van der Waals surface area contributed by atoms with Gasteiger partial charge in [-0.25, -0.2) is 19.0 Å². The second kappa shape index (κ2) is 10.5. The molecule has 3 aromatic rings. The number of aryl methyl sites for hydroxylation is 1. The molecule has 4 N–H and O–H groups in total. The molecule has 1 amide bonds. The summed E-state index contributed by atoms with van der Waals surface area (Å²) in [5.41, 5.74) is 7.50. The molecule has 1 saturated heterocycles. The quantitative estimate of drug-likeness (QED) is 0.361. The fourth-order valence-corrected chi connectivity index (χ4v) is 5.63. The Morgan fingerprint density at radius 2 is 2.05 bits per heavy atom. The van der Waals surface area contributed by atoms with Gasteiger partial charge in [-0.05, 0) is 54.1 Å². The number of hydrogen-bond donors (Lipinski definition) is 3. The van der Waals surface area contributed by atoms with E-state index in [4.69, 9.17) is 17.3 Å². The lowest BCUT2D eigenvalue weighted by Crippen LogP contribution is -2.48. The SMILES string of the molecule is Cc1cc(N([C@H]2CCN([C@H](Cc3cc4ccnc(N)c4cc3Cl)C(=O)O)C2=O)S(=O)O)cnc1N(C)C. The maximum Gasteiger partial charge on any atom is 0.326 e. The molecule has 4 rings (SSSR count). The Bertz CT molecular complexity index is 1400. The molecular formula is C24H27ClN6O5S. The van der Waals surface area contributed by atoms with Crippen LogP contribution in [0.3, 0.4) is 0 Å². The third-order valence-electron chi connectivity index (χ3n) is 6.41. The van der Waals surface area contributed by atoms with Crippen molar-refractivity contribution in [1.82, 2.24) is 14.9 Å². The van der Waals surface area contributed by atoms with Gasteiger partial charge in [0.05, 0.1) is 11.9 Å². The molecule has 13 heteroatoms. The fraction of sp³-hybridized carbons (Fsp3) is 0.333. The standard InChI is InChI=1S/C24H27ClN6O5S/c1-13-8-16(12-28-22(13)29(2)3)31(37(35)36)19-5-7-30(23(19)32)20(24(33)34)10-15-9-14-4-6-27-21(26)17(14)11-18(15)25/h4,6,8-9,11-12,19-20H,5,7,10H2,1-3H3,(H2,26,27)(H,33,34)(H,35,36)/t19-,20+/m0/s1. The number of aliphatic carboxylic acids is 1. The second-order valence-electron chi connectivity index (χ2n) is 9.04.